The lowest BCUT2D eigenvalue weighted by Gasteiger charge is -2.24. The number of ether oxygens (including phenoxy) is 3. The van der Waals surface area contributed by atoms with E-state index < -0.39 is 15.8 Å². The molecule has 1 unspecified atom stereocenters. The van der Waals surface area contributed by atoms with Crippen LogP contribution in [0.1, 0.15) is 67.7 Å². The largest absolute Gasteiger partial charge is 0.488 e. The maximum atomic E-state index is 13.7. The van der Waals surface area contributed by atoms with Crippen LogP contribution in [-0.2, 0) is 31.8 Å². The quantitative estimate of drug-likeness (QED) is 0.393. The van der Waals surface area contributed by atoms with Crippen molar-refractivity contribution in [2.24, 2.45) is 0 Å². The van der Waals surface area contributed by atoms with E-state index in [-0.39, 0.29) is 23.5 Å². The van der Waals surface area contributed by atoms with Gasteiger partial charge in [0.05, 0.1) is 19.8 Å². The molecule has 8 heteroatoms. The summed E-state index contributed by atoms with van der Waals surface area (Å²) >= 11 is 0. The highest BCUT2D eigenvalue weighted by Gasteiger charge is 2.37. The second-order valence-corrected chi connectivity index (χ2v) is 11.8. The summed E-state index contributed by atoms with van der Waals surface area (Å²) in [7, 11) is -3.72. The van der Waals surface area contributed by atoms with E-state index in [0.717, 1.165) is 28.9 Å². The molecule has 0 N–H and O–H groups in total. The van der Waals surface area contributed by atoms with Crippen molar-refractivity contribution < 1.29 is 27.0 Å². The number of furan rings is 1. The lowest BCUT2D eigenvalue weighted by atomic mass is 9.91. The van der Waals surface area contributed by atoms with Gasteiger partial charge in [-0.2, -0.15) is 4.31 Å². The molecule has 2 aliphatic rings. The molecular weight excluding hydrogens is 490 g/mol. The summed E-state index contributed by atoms with van der Waals surface area (Å²) in [5.41, 5.74) is 3.09. The highest BCUT2D eigenvalue weighted by atomic mass is 32.2. The minimum Gasteiger partial charge on any atom is -0.488 e. The zero-order valence-corrected chi connectivity index (χ0v) is 22.7. The molecule has 5 rings (SSSR count). The molecule has 7 nitrogen and oxygen atoms in total. The van der Waals surface area contributed by atoms with Crippen LogP contribution in [0.3, 0.4) is 0 Å². The van der Waals surface area contributed by atoms with E-state index in [1.165, 1.54) is 0 Å². The Labute approximate surface area is 219 Å². The normalized spacial score (nSPS) is 21.7. The molecule has 2 aliphatic heterocycles. The molecule has 198 valence electrons. The van der Waals surface area contributed by atoms with Crippen molar-refractivity contribution in [3.8, 4) is 5.75 Å². The van der Waals surface area contributed by atoms with Gasteiger partial charge in [-0.25, -0.2) is 8.42 Å². The highest BCUT2D eigenvalue weighted by Crippen LogP contribution is 2.37. The number of hydrogen-bond acceptors (Lipinski definition) is 6. The third-order valence-corrected chi connectivity index (χ3v) is 9.26. The van der Waals surface area contributed by atoms with Gasteiger partial charge >= 0.3 is 0 Å². The monoisotopic (exact) mass is 525 g/mol. The van der Waals surface area contributed by atoms with Crippen molar-refractivity contribution >= 4 is 10.0 Å². The van der Waals surface area contributed by atoms with Crippen LogP contribution in [0.2, 0.25) is 0 Å². The van der Waals surface area contributed by atoms with Gasteiger partial charge < -0.3 is 18.6 Å². The Morgan fingerprint density at radius 1 is 1.05 bits per heavy atom. The standard InChI is InChI=1S/C29H35NO6S/c1-5-23-19-30(37(31,32)27-10-8-7-9-26(27)35-23)18-22-17-21(12-11-20(22)3)24(6-2)25-13-14-28(36-25)29(4)33-15-16-34-29/h7-14,17,23-24H,5-6,15-16,18-19H2,1-4H3/t23-,24?/m1/s1. The number of aryl methyl sites for hydroxylation is 1. The zero-order chi connectivity index (χ0) is 26.2. The molecule has 2 atom stereocenters. The van der Waals surface area contributed by atoms with Crippen LogP contribution in [-0.4, -0.2) is 38.6 Å². The predicted octanol–water partition coefficient (Wildman–Crippen LogP) is 5.71. The van der Waals surface area contributed by atoms with E-state index >= 15 is 0 Å². The Balaban J connectivity index is 1.46. The van der Waals surface area contributed by atoms with Gasteiger partial charge in [-0.3, -0.25) is 0 Å². The molecule has 37 heavy (non-hydrogen) atoms. The molecule has 1 saturated heterocycles. The molecule has 0 aliphatic carbocycles. The third-order valence-electron chi connectivity index (χ3n) is 7.41. The molecule has 1 aromatic heterocycles. The molecule has 3 aromatic rings. The van der Waals surface area contributed by atoms with Gasteiger partial charge in [-0.1, -0.05) is 44.2 Å². The summed E-state index contributed by atoms with van der Waals surface area (Å²) in [5, 5.41) is 0. The van der Waals surface area contributed by atoms with Crippen molar-refractivity contribution in [3.63, 3.8) is 0 Å². The second kappa shape index (κ2) is 10.3. The second-order valence-electron chi connectivity index (χ2n) is 9.88. The lowest BCUT2D eigenvalue weighted by Crippen LogP contribution is -2.36. The van der Waals surface area contributed by atoms with Crippen LogP contribution in [0, 0.1) is 6.92 Å². The zero-order valence-electron chi connectivity index (χ0n) is 21.9. The fraction of sp³-hybridized carbons (Fsp3) is 0.448. The smallest absolute Gasteiger partial charge is 0.247 e. The van der Waals surface area contributed by atoms with Gasteiger partial charge in [-0.05, 0) is 67.6 Å². The first kappa shape index (κ1) is 26.0. The Morgan fingerprint density at radius 3 is 2.54 bits per heavy atom. The van der Waals surface area contributed by atoms with Crippen LogP contribution in [0.15, 0.2) is 63.9 Å². The first-order valence-corrected chi connectivity index (χ1v) is 14.4. The average molecular weight is 526 g/mol. The first-order valence-electron chi connectivity index (χ1n) is 13.0. The Bertz CT molecular complexity index is 1360. The van der Waals surface area contributed by atoms with Crippen LogP contribution in [0.5, 0.6) is 5.75 Å². The van der Waals surface area contributed by atoms with Gasteiger partial charge in [0, 0.05) is 12.5 Å². The number of rotatable bonds is 7. The van der Waals surface area contributed by atoms with Gasteiger partial charge in [0.25, 0.3) is 0 Å². The molecule has 1 fully saturated rings. The van der Waals surface area contributed by atoms with E-state index in [9.17, 15) is 8.42 Å². The van der Waals surface area contributed by atoms with Gasteiger partial charge in [0.1, 0.15) is 22.5 Å². The maximum absolute atomic E-state index is 13.7. The minimum absolute atomic E-state index is 0.0197. The summed E-state index contributed by atoms with van der Waals surface area (Å²) in [6.07, 6.45) is 1.33. The molecule has 0 radical (unpaired) electrons. The lowest BCUT2D eigenvalue weighted by molar-refractivity contribution is -0.163. The average Bonchev–Trinajstić information content (AvgIpc) is 3.54. The van der Waals surface area contributed by atoms with Gasteiger partial charge in [0.2, 0.25) is 15.8 Å². The van der Waals surface area contributed by atoms with Crippen LogP contribution in [0.25, 0.3) is 0 Å². The number of nitrogens with zero attached hydrogens (tertiary/aromatic N) is 1. The number of sulfonamides is 1. The van der Waals surface area contributed by atoms with Gasteiger partial charge in [0.15, 0.2) is 5.76 Å². The number of benzene rings is 2. The maximum Gasteiger partial charge on any atom is 0.247 e. The van der Waals surface area contributed by atoms with E-state index in [0.29, 0.717) is 37.7 Å². The van der Waals surface area contributed by atoms with Crippen LogP contribution < -0.4 is 4.74 Å². The molecule has 2 aromatic carbocycles. The topological polar surface area (TPSA) is 78.2 Å². The minimum atomic E-state index is -3.72. The fourth-order valence-electron chi connectivity index (χ4n) is 5.11. The van der Waals surface area contributed by atoms with Crippen LogP contribution >= 0.6 is 0 Å². The highest BCUT2D eigenvalue weighted by molar-refractivity contribution is 7.89. The molecule has 3 heterocycles. The Morgan fingerprint density at radius 2 is 1.81 bits per heavy atom. The van der Waals surface area contributed by atoms with E-state index in [1.54, 1.807) is 28.6 Å². The Hall–Kier alpha value is -2.65. The SMILES string of the molecule is CCC(c1ccc(C)c(CN2C[C@@H](CC)Oc3ccccc3S2(=O)=O)c1)c1ccc(C2(C)OCCO2)o1. The number of fused-ring (bicyclic) bond motifs is 1. The predicted molar refractivity (Wildman–Crippen MR) is 140 cm³/mol. The molecule has 0 saturated carbocycles. The van der Waals surface area contributed by atoms with Crippen molar-refractivity contribution in [2.45, 2.75) is 69.8 Å². The molecule has 0 amide bonds. The Kier molecular flexibility index (Phi) is 7.20. The number of para-hydroxylation sites is 1. The summed E-state index contributed by atoms with van der Waals surface area (Å²) in [4.78, 5) is 0.221. The van der Waals surface area contributed by atoms with E-state index in [2.05, 4.69) is 25.1 Å². The first-order chi connectivity index (χ1) is 17.7. The van der Waals surface area contributed by atoms with Gasteiger partial charge in [-0.15, -0.1) is 0 Å². The summed E-state index contributed by atoms with van der Waals surface area (Å²) < 4.78 is 52.7. The summed E-state index contributed by atoms with van der Waals surface area (Å²) in [6, 6.07) is 17.1. The fourth-order valence-corrected chi connectivity index (χ4v) is 6.69. The third kappa shape index (κ3) is 4.95. The van der Waals surface area contributed by atoms with Crippen molar-refractivity contribution in [2.75, 3.05) is 19.8 Å². The van der Waals surface area contributed by atoms with Crippen molar-refractivity contribution in [3.05, 3.63) is 82.8 Å². The molecular formula is C29H35NO6S. The summed E-state index contributed by atoms with van der Waals surface area (Å²) in [5.74, 6) is 1.08. The van der Waals surface area contributed by atoms with Crippen molar-refractivity contribution in [1.82, 2.24) is 4.31 Å². The number of hydrogen-bond donors (Lipinski definition) is 0. The van der Waals surface area contributed by atoms with Crippen LogP contribution in [0.4, 0.5) is 0 Å². The van der Waals surface area contributed by atoms with E-state index in [4.69, 9.17) is 18.6 Å². The van der Waals surface area contributed by atoms with E-state index in [1.807, 2.05) is 32.9 Å². The molecule has 0 spiro atoms. The summed E-state index contributed by atoms with van der Waals surface area (Å²) in [6.45, 7) is 9.69. The van der Waals surface area contributed by atoms with Crippen molar-refractivity contribution in [1.29, 1.82) is 0 Å². The molecule has 0 bridgehead atoms.